The van der Waals surface area contributed by atoms with Crippen LogP contribution in [0.25, 0.3) is 22.8 Å². The third kappa shape index (κ3) is 4.02. The van der Waals surface area contributed by atoms with Crippen LogP contribution >= 0.6 is 0 Å². The fourth-order valence-electron chi connectivity index (χ4n) is 4.08. The summed E-state index contributed by atoms with van der Waals surface area (Å²) < 4.78 is 6.06. The minimum Gasteiger partial charge on any atom is -0.436 e. The molecule has 1 fully saturated rings. The average Bonchev–Trinajstić information content (AvgIpc) is 3.35. The zero-order chi connectivity index (χ0) is 21.9. The van der Waals surface area contributed by atoms with E-state index in [1.54, 1.807) is 6.20 Å². The first-order chi connectivity index (χ1) is 15.7. The Bertz CT molecular complexity index is 1210. The first kappa shape index (κ1) is 20.1. The lowest BCUT2D eigenvalue weighted by Gasteiger charge is -2.36. The van der Waals surface area contributed by atoms with Gasteiger partial charge in [-0.2, -0.15) is 0 Å². The number of nitrogens with zero attached hydrogens (tertiary/aromatic N) is 3. The molecular formula is C27H25N3O2. The van der Waals surface area contributed by atoms with E-state index in [1.807, 2.05) is 71.6 Å². The number of rotatable bonds is 4. The highest BCUT2D eigenvalue weighted by Gasteiger charge is 2.25. The second-order valence-electron chi connectivity index (χ2n) is 8.06. The number of aromatic nitrogens is 1. The Labute approximate surface area is 187 Å². The van der Waals surface area contributed by atoms with Crippen LogP contribution in [0.2, 0.25) is 0 Å². The maximum absolute atomic E-state index is 13.4. The fourth-order valence-corrected chi connectivity index (χ4v) is 4.08. The van der Waals surface area contributed by atoms with Gasteiger partial charge in [-0.25, -0.2) is 4.98 Å². The molecule has 0 aliphatic carbocycles. The number of hydrogen-bond acceptors (Lipinski definition) is 4. The highest BCUT2D eigenvalue weighted by atomic mass is 16.4. The number of para-hydroxylation sites is 1. The molecule has 2 heterocycles. The van der Waals surface area contributed by atoms with Crippen LogP contribution in [0, 0.1) is 6.92 Å². The Kier molecular flexibility index (Phi) is 5.46. The third-order valence-electron chi connectivity index (χ3n) is 5.92. The maximum atomic E-state index is 13.4. The highest BCUT2D eigenvalue weighted by Crippen LogP contribution is 2.29. The first-order valence-corrected chi connectivity index (χ1v) is 10.9. The van der Waals surface area contributed by atoms with E-state index >= 15 is 0 Å². The van der Waals surface area contributed by atoms with E-state index in [2.05, 4.69) is 28.9 Å². The van der Waals surface area contributed by atoms with E-state index in [1.165, 1.54) is 11.3 Å². The van der Waals surface area contributed by atoms with Crippen LogP contribution in [0.3, 0.4) is 0 Å². The van der Waals surface area contributed by atoms with Crippen molar-refractivity contribution >= 4 is 11.6 Å². The van der Waals surface area contributed by atoms with Gasteiger partial charge in [0.2, 0.25) is 5.89 Å². The number of amides is 1. The van der Waals surface area contributed by atoms with Crippen LogP contribution in [0.4, 0.5) is 5.69 Å². The smallest absolute Gasteiger partial charge is 0.254 e. The standard InChI is InChI=1S/C27H25N3O2/c1-20-11-13-21(14-12-20)25-19-28-26(32-25)23-9-5-6-10-24(23)27(31)30-17-15-29(16-18-30)22-7-3-2-4-8-22/h2-14,19H,15-18H2,1H3. The normalized spacial score (nSPS) is 13.9. The van der Waals surface area contributed by atoms with Crippen molar-refractivity contribution < 1.29 is 9.21 Å². The zero-order valence-corrected chi connectivity index (χ0v) is 18.1. The van der Waals surface area contributed by atoms with Gasteiger partial charge in [0.25, 0.3) is 5.91 Å². The lowest BCUT2D eigenvalue weighted by Crippen LogP contribution is -2.48. The molecule has 0 saturated carbocycles. The summed E-state index contributed by atoms with van der Waals surface area (Å²) in [7, 11) is 0. The number of aryl methyl sites for hydroxylation is 1. The van der Waals surface area contributed by atoms with Crippen LogP contribution in [0.1, 0.15) is 15.9 Å². The molecule has 1 saturated heterocycles. The molecule has 0 spiro atoms. The van der Waals surface area contributed by atoms with Gasteiger partial charge in [-0.3, -0.25) is 4.79 Å². The predicted octanol–water partition coefficient (Wildman–Crippen LogP) is 5.28. The van der Waals surface area contributed by atoms with Crippen molar-refractivity contribution in [3.8, 4) is 22.8 Å². The van der Waals surface area contributed by atoms with Crippen LogP contribution in [0.5, 0.6) is 0 Å². The van der Waals surface area contributed by atoms with Crippen LogP contribution < -0.4 is 4.90 Å². The van der Waals surface area contributed by atoms with Crippen molar-refractivity contribution in [1.29, 1.82) is 0 Å². The van der Waals surface area contributed by atoms with Gasteiger partial charge >= 0.3 is 0 Å². The maximum Gasteiger partial charge on any atom is 0.254 e. The molecular weight excluding hydrogens is 398 g/mol. The second kappa shape index (κ2) is 8.71. The number of carbonyl (C=O) groups is 1. The minimum atomic E-state index is 0.0170. The summed E-state index contributed by atoms with van der Waals surface area (Å²) in [4.78, 5) is 22.1. The largest absolute Gasteiger partial charge is 0.436 e. The lowest BCUT2D eigenvalue weighted by atomic mass is 10.1. The molecule has 1 amide bonds. The molecule has 1 aliphatic heterocycles. The van der Waals surface area contributed by atoms with Crippen LogP contribution in [-0.2, 0) is 0 Å². The van der Waals surface area contributed by atoms with Crippen molar-refractivity contribution in [2.24, 2.45) is 0 Å². The molecule has 1 aromatic heterocycles. The zero-order valence-electron chi connectivity index (χ0n) is 18.1. The monoisotopic (exact) mass is 423 g/mol. The third-order valence-corrected chi connectivity index (χ3v) is 5.92. The Balaban J connectivity index is 1.35. The molecule has 1 aliphatic rings. The highest BCUT2D eigenvalue weighted by molar-refractivity contribution is 6.00. The number of benzene rings is 3. The molecule has 3 aromatic carbocycles. The Morgan fingerprint density at radius 2 is 1.53 bits per heavy atom. The molecule has 0 bridgehead atoms. The summed E-state index contributed by atoms with van der Waals surface area (Å²) in [5.74, 6) is 1.18. The number of oxazole rings is 1. The average molecular weight is 424 g/mol. The summed E-state index contributed by atoms with van der Waals surface area (Å²) in [5.41, 5.74) is 4.70. The van der Waals surface area contributed by atoms with Gasteiger partial charge < -0.3 is 14.2 Å². The summed E-state index contributed by atoms with van der Waals surface area (Å²) in [6, 6.07) is 26.0. The second-order valence-corrected chi connectivity index (χ2v) is 8.06. The number of hydrogen-bond donors (Lipinski definition) is 0. The van der Waals surface area contributed by atoms with Gasteiger partial charge in [-0.05, 0) is 31.2 Å². The number of carbonyl (C=O) groups excluding carboxylic acids is 1. The molecule has 160 valence electrons. The van der Waals surface area contributed by atoms with Gasteiger partial charge in [0.1, 0.15) is 0 Å². The summed E-state index contributed by atoms with van der Waals surface area (Å²) in [6.45, 7) is 5.05. The Morgan fingerprint density at radius 1 is 0.844 bits per heavy atom. The van der Waals surface area contributed by atoms with Gasteiger partial charge in [0, 0.05) is 43.0 Å². The summed E-state index contributed by atoms with van der Waals surface area (Å²) in [5, 5.41) is 0. The molecule has 5 heteroatoms. The summed E-state index contributed by atoms with van der Waals surface area (Å²) >= 11 is 0. The first-order valence-electron chi connectivity index (χ1n) is 10.9. The van der Waals surface area contributed by atoms with Crippen molar-refractivity contribution in [2.45, 2.75) is 6.92 Å². The molecule has 5 nitrogen and oxygen atoms in total. The van der Waals surface area contributed by atoms with E-state index in [0.29, 0.717) is 30.3 Å². The Hall–Kier alpha value is -3.86. The van der Waals surface area contributed by atoms with E-state index in [9.17, 15) is 4.79 Å². The molecule has 32 heavy (non-hydrogen) atoms. The van der Waals surface area contributed by atoms with E-state index in [0.717, 1.165) is 24.2 Å². The van der Waals surface area contributed by atoms with Crippen LogP contribution in [0.15, 0.2) is 89.5 Å². The lowest BCUT2D eigenvalue weighted by molar-refractivity contribution is 0.0747. The molecule has 0 atom stereocenters. The minimum absolute atomic E-state index is 0.0170. The molecule has 5 rings (SSSR count). The summed E-state index contributed by atoms with van der Waals surface area (Å²) in [6.07, 6.45) is 1.72. The van der Waals surface area contributed by atoms with Gasteiger partial charge in [0.15, 0.2) is 5.76 Å². The van der Waals surface area contributed by atoms with Gasteiger partial charge in [-0.15, -0.1) is 0 Å². The Morgan fingerprint density at radius 3 is 2.28 bits per heavy atom. The van der Waals surface area contributed by atoms with Crippen LogP contribution in [-0.4, -0.2) is 42.0 Å². The SMILES string of the molecule is Cc1ccc(-c2cnc(-c3ccccc3C(=O)N3CCN(c4ccccc4)CC3)o2)cc1. The van der Waals surface area contributed by atoms with Crippen molar-refractivity contribution in [3.05, 3.63) is 96.2 Å². The number of piperazine rings is 1. The van der Waals surface area contributed by atoms with Gasteiger partial charge in [0.05, 0.1) is 11.8 Å². The fraction of sp³-hybridized carbons (Fsp3) is 0.185. The van der Waals surface area contributed by atoms with Crippen molar-refractivity contribution in [1.82, 2.24) is 9.88 Å². The van der Waals surface area contributed by atoms with E-state index in [-0.39, 0.29) is 5.91 Å². The van der Waals surface area contributed by atoms with Gasteiger partial charge in [-0.1, -0.05) is 60.2 Å². The molecule has 0 radical (unpaired) electrons. The predicted molar refractivity (Wildman–Crippen MR) is 127 cm³/mol. The topological polar surface area (TPSA) is 49.6 Å². The van der Waals surface area contributed by atoms with Crippen molar-refractivity contribution in [3.63, 3.8) is 0 Å². The molecule has 0 unspecified atom stereocenters. The quantitative estimate of drug-likeness (QED) is 0.448. The van der Waals surface area contributed by atoms with E-state index < -0.39 is 0 Å². The van der Waals surface area contributed by atoms with Crippen molar-refractivity contribution in [2.75, 3.05) is 31.1 Å². The van der Waals surface area contributed by atoms with E-state index in [4.69, 9.17) is 4.42 Å². The molecule has 0 N–H and O–H groups in total. The molecule has 4 aromatic rings. The number of anilines is 1.